The number of fused-ring (bicyclic) bond motifs is 3. The first-order chi connectivity index (χ1) is 15.8. The first kappa shape index (κ1) is 24.0. The Morgan fingerprint density at radius 2 is 1.64 bits per heavy atom. The molecule has 6 heteroatoms. The van der Waals surface area contributed by atoms with Gasteiger partial charge in [-0.05, 0) is 64.7 Å². The fourth-order valence-corrected chi connectivity index (χ4v) is 5.28. The monoisotopic (exact) mass is 451 g/mol. The summed E-state index contributed by atoms with van der Waals surface area (Å²) < 4.78 is 12.1. The Kier molecular flexibility index (Phi) is 7.29. The Balaban J connectivity index is 1.18. The second-order valence-corrected chi connectivity index (χ2v) is 10.6. The summed E-state index contributed by atoms with van der Waals surface area (Å²) in [4.78, 5) is 9.07. The highest BCUT2D eigenvalue weighted by atomic mass is 16.5. The Morgan fingerprint density at radius 3 is 2.42 bits per heavy atom. The number of aromatic nitrogens is 2. The highest BCUT2D eigenvalue weighted by Crippen LogP contribution is 2.26. The summed E-state index contributed by atoms with van der Waals surface area (Å²) in [5.74, 6) is 0. The van der Waals surface area contributed by atoms with E-state index in [-0.39, 0.29) is 17.2 Å². The van der Waals surface area contributed by atoms with Gasteiger partial charge in [-0.2, -0.15) is 0 Å². The summed E-state index contributed by atoms with van der Waals surface area (Å²) in [5.41, 5.74) is 2.43. The van der Waals surface area contributed by atoms with Gasteiger partial charge < -0.3 is 19.7 Å². The molecule has 0 aliphatic carbocycles. The quantitative estimate of drug-likeness (QED) is 0.293. The van der Waals surface area contributed by atoms with E-state index in [9.17, 15) is 5.21 Å². The molecule has 1 aliphatic heterocycles. The van der Waals surface area contributed by atoms with Crippen molar-refractivity contribution in [3.05, 3.63) is 53.5 Å². The molecule has 1 aliphatic rings. The van der Waals surface area contributed by atoms with Crippen LogP contribution in [0.1, 0.15) is 65.4 Å². The van der Waals surface area contributed by atoms with Gasteiger partial charge in [-0.25, -0.2) is 0 Å². The lowest BCUT2D eigenvalue weighted by Crippen LogP contribution is -3.23. The molecule has 1 aromatic carbocycles. The van der Waals surface area contributed by atoms with E-state index in [2.05, 4.69) is 55.9 Å². The van der Waals surface area contributed by atoms with Gasteiger partial charge in [0, 0.05) is 49.2 Å². The molecule has 1 N–H and O–H groups in total. The van der Waals surface area contributed by atoms with E-state index in [0.717, 1.165) is 72.7 Å². The van der Waals surface area contributed by atoms with Crippen molar-refractivity contribution in [3.63, 3.8) is 0 Å². The van der Waals surface area contributed by atoms with Gasteiger partial charge in [0.05, 0.1) is 34.8 Å². The van der Waals surface area contributed by atoms with E-state index in [4.69, 9.17) is 9.47 Å². The minimum Gasteiger partial charge on any atom is -0.634 e. The van der Waals surface area contributed by atoms with Crippen LogP contribution in [0, 0.1) is 5.21 Å². The number of unbranched alkanes of at least 4 members (excludes halogenated alkanes) is 2. The smallest absolute Gasteiger partial charge is 0.0968 e. The first-order valence-electron chi connectivity index (χ1n) is 12.1. The molecule has 0 amide bonds. The normalized spacial score (nSPS) is 22.1. The average molecular weight is 452 g/mol. The molecular weight excluding hydrogens is 414 g/mol. The summed E-state index contributed by atoms with van der Waals surface area (Å²) >= 11 is 0. The molecule has 0 bridgehead atoms. The second-order valence-electron chi connectivity index (χ2n) is 10.6. The van der Waals surface area contributed by atoms with Crippen molar-refractivity contribution >= 4 is 21.8 Å². The number of hydrogen-bond donors (Lipinski definition) is 1. The number of nitrogens with zero attached hydrogens (tertiary/aromatic N) is 2. The van der Waals surface area contributed by atoms with Crippen molar-refractivity contribution in [2.24, 2.45) is 0 Å². The molecule has 0 radical (unpaired) electrons. The van der Waals surface area contributed by atoms with Crippen LogP contribution < -0.4 is 5.06 Å². The Bertz CT molecular complexity index is 1060. The first-order valence-corrected chi connectivity index (χ1v) is 12.1. The number of piperidine rings is 1. The number of hydroxylamine groups is 2. The van der Waals surface area contributed by atoms with Crippen molar-refractivity contribution in [3.8, 4) is 0 Å². The molecule has 0 atom stereocenters. The number of ether oxygens (including phenoxy) is 2. The molecule has 4 rings (SSSR count). The van der Waals surface area contributed by atoms with E-state index in [0.29, 0.717) is 11.7 Å². The van der Waals surface area contributed by atoms with Crippen molar-refractivity contribution in [1.82, 2.24) is 9.97 Å². The second kappa shape index (κ2) is 10.0. The number of hydrogen-bond acceptors (Lipinski definition) is 5. The predicted molar refractivity (Wildman–Crippen MR) is 132 cm³/mol. The standard InChI is InChI=1S/C27H37N3O3/c1-26(2)17-22(18-27(3,4)30(26)31)33-16-7-5-6-15-32-19-21-12-14-29-25-23(21)11-10-20-9-8-13-28-24(20)25/h8-14,22,30H,5-7,15-19H2,1-4H3. The molecule has 1 fully saturated rings. The summed E-state index contributed by atoms with van der Waals surface area (Å²) in [7, 11) is 0. The van der Waals surface area contributed by atoms with Crippen LogP contribution in [0.3, 0.4) is 0 Å². The third-order valence-electron chi connectivity index (χ3n) is 6.82. The molecule has 2 aromatic heterocycles. The van der Waals surface area contributed by atoms with Crippen LogP contribution >= 0.6 is 0 Å². The highest BCUT2D eigenvalue weighted by Gasteiger charge is 2.45. The maximum atomic E-state index is 12.5. The van der Waals surface area contributed by atoms with Gasteiger partial charge in [0.1, 0.15) is 0 Å². The average Bonchev–Trinajstić information content (AvgIpc) is 2.78. The molecule has 6 nitrogen and oxygen atoms in total. The van der Waals surface area contributed by atoms with E-state index in [1.54, 1.807) is 0 Å². The zero-order valence-electron chi connectivity index (χ0n) is 20.4. The maximum Gasteiger partial charge on any atom is 0.0968 e. The molecule has 178 valence electrons. The lowest BCUT2D eigenvalue weighted by Gasteiger charge is -2.54. The van der Waals surface area contributed by atoms with Gasteiger partial charge in [-0.3, -0.25) is 9.97 Å². The third-order valence-corrected chi connectivity index (χ3v) is 6.82. The Labute approximate surface area is 196 Å². The number of nitrogens with one attached hydrogen (secondary N) is 1. The molecule has 3 aromatic rings. The molecular formula is C27H37N3O3. The zero-order chi connectivity index (χ0) is 23.5. The fourth-order valence-electron chi connectivity index (χ4n) is 5.28. The van der Waals surface area contributed by atoms with Crippen LogP contribution in [0.4, 0.5) is 0 Å². The molecule has 0 unspecified atom stereocenters. The van der Waals surface area contributed by atoms with Crippen molar-refractivity contribution < 1.29 is 14.5 Å². The summed E-state index contributed by atoms with van der Waals surface area (Å²) in [6, 6.07) is 10.3. The zero-order valence-corrected chi connectivity index (χ0v) is 20.4. The molecule has 0 spiro atoms. The molecule has 1 saturated heterocycles. The lowest BCUT2D eigenvalue weighted by atomic mass is 9.80. The highest BCUT2D eigenvalue weighted by molar-refractivity contribution is 6.03. The number of pyridine rings is 2. The maximum absolute atomic E-state index is 12.5. The largest absolute Gasteiger partial charge is 0.634 e. The minimum atomic E-state index is -0.292. The fraction of sp³-hybridized carbons (Fsp3) is 0.556. The van der Waals surface area contributed by atoms with Crippen LogP contribution in [0.15, 0.2) is 42.7 Å². The summed E-state index contributed by atoms with van der Waals surface area (Å²) in [5, 5.41) is 15.1. The molecule has 33 heavy (non-hydrogen) atoms. The molecule has 0 saturated carbocycles. The van der Waals surface area contributed by atoms with Gasteiger partial charge in [0.15, 0.2) is 0 Å². The van der Waals surface area contributed by atoms with Crippen LogP contribution in [0.5, 0.6) is 0 Å². The third kappa shape index (κ3) is 5.52. The lowest BCUT2D eigenvalue weighted by molar-refractivity contribution is -0.956. The van der Waals surface area contributed by atoms with Crippen molar-refractivity contribution in [2.45, 2.75) is 83.6 Å². The summed E-state index contributed by atoms with van der Waals surface area (Å²) in [6.45, 7) is 10.3. The predicted octanol–water partition coefficient (Wildman–Crippen LogP) is 4.59. The van der Waals surface area contributed by atoms with Crippen LogP contribution in [0.25, 0.3) is 21.8 Å². The molecule has 3 heterocycles. The van der Waals surface area contributed by atoms with E-state index in [1.165, 1.54) is 0 Å². The van der Waals surface area contributed by atoms with Crippen molar-refractivity contribution in [2.75, 3.05) is 13.2 Å². The summed E-state index contributed by atoms with van der Waals surface area (Å²) in [6.07, 6.45) is 8.58. The number of rotatable bonds is 9. The Hall–Kier alpha value is -2.12. The van der Waals surface area contributed by atoms with Crippen LogP contribution in [-0.2, 0) is 16.1 Å². The topological polar surface area (TPSA) is 71.7 Å². The minimum absolute atomic E-state index is 0.175. The van der Waals surface area contributed by atoms with Gasteiger partial charge >= 0.3 is 0 Å². The van der Waals surface area contributed by atoms with Gasteiger partial charge in [-0.1, -0.05) is 18.2 Å². The Morgan fingerprint density at radius 1 is 0.909 bits per heavy atom. The van der Waals surface area contributed by atoms with Gasteiger partial charge in [0.2, 0.25) is 0 Å². The van der Waals surface area contributed by atoms with Gasteiger partial charge in [-0.15, -0.1) is 0 Å². The van der Waals surface area contributed by atoms with E-state index in [1.807, 2.05) is 24.5 Å². The van der Waals surface area contributed by atoms with Gasteiger partial charge in [0.25, 0.3) is 0 Å². The van der Waals surface area contributed by atoms with Crippen LogP contribution in [0.2, 0.25) is 0 Å². The number of quaternary nitrogens is 1. The van der Waals surface area contributed by atoms with E-state index >= 15 is 0 Å². The van der Waals surface area contributed by atoms with Crippen molar-refractivity contribution in [1.29, 1.82) is 0 Å². The van der Waals surface area contributed by atoms with E-state index < -0.39 is 0 Å². The SMILES string of the molecule is CC1(C)CC(OCCCCCOCc2ccnc3c2ccc2cccnc23)CC(C)(C)[NH+]1[O-]. The van der Waals surface area contributed by atoms with Crippen LogP contribution in [-0.4, -0.2) is 40.4 Å². The number of benzene rings is 1.